The van der Waals surface area contributed by atoms with E-state index in [2.05, 4.69) is 5.10 Å². The maximum absolute atomic E-state index is 14.5. The van der Waals surface area contributed by atoms with Crippen molar-refractivity contribution in [3.8, 4) is 11.1 Å². The Hall–Kier alpha value is -4.74. The molecule has 3 aliphatic rings. The average Bonchev–Trinajstić information content (AvgIpc) is 3.62. The molecule has 10 nitrogen and oxygen atoms in total. The van der Waals surface area contributed by atoms with E-state index in [1.807, 2.05) is 46.0 Å². The van der Waals surface area contributed by atoms with Crippen molar-refractivity contribution in [2.45, 2.75) is 51.8 Å². The normalized spacial score (nSPS) is 16.4. The van der Waals surface area contributed by atoms with E-state index in [9.17, 15) is 18.4 Å². The van der Waals surface area contributed by atoms with Gasteiger partial charge in [0.2, 0.25) is 5.91 Å². The number of benzene rings is 2. The van der Waals surface area contributed by atoms with Crippen molar-refractivity contribution in [2.24, 2.45) is 7.05 Å². The summed E-state index contributed by atoms with van der Waals surface area (Å²) in [5.74, 6) is 0.673. The summed E-state index contributed by atoms with van der Waals surface area (Å²) in [5, 5.41) is 9.30. The minimum atomic E-state index is -2.67. The van der Waals surface area contributed by atoms with Crippen LogP contribution in [0.2, 0.25) is 0 Å². The van der Waals surface area contributed by atoms with Crippen LogP contribution in [0.4, 0.5) is 25.1 Å². The third-order valence-electron chi connectivity index (χ3n) is 9.06. The lowest BCUT2D eigenvalue weighted by atomic mass is 9.92. The number of likely N-dealkylation sites (tertiary alicyclic amines) is 1. The molecule has 2 amide bonds. The molecule has 4 aromatic rings. The Kier molecular flexibility index (Phi) is 7.50. The number of aryl methyl sites for hydroxylation is 2. The number of hydrogen-bond donors (Lipinski definition) is 0. The van der Waals surface area contributed by atoms with Crippen molar-refractivity contribution in [1.82, 2.24) is 29.4 Å². The number of nitrogens with zero attached hydrogens (tertiary/aromatic N) is 7. The van der Waals surface area contributed by atoms with Crippen LogP contribution in [0, 0.1) is 0 Å². The van der Waals surface area contributed by atoms with Crippen molar-refractivity contribution >= 4 is 23.5 Å². The molecule has 234 valence electrons. The quantitative estimate of drug-likeness (QED) is 0.289. The summed E-state index contributed by atoms with van der Waals surface area (Å²) in [6.45, 7) is 4.27. The van der Waals surface area contributed by atoms with Crippen LogP contribution in [0.5, 0.6) is 0 Å². The molecule has 2 aromatic carbocycles. The molecule has 0 aliphatic carbocycles. The van der Waals surface area contributed by atoms with E-state index >= 15 is 0 Å². The number of hydrogen-bond acceptors (Lipinski definition) is 6. The lowest BCUT2D eigenvalue weighted by Crippen LogP contribution is -2.51. The highest BCUT2D eigenvalue weighted by molar-refractivity contribution is 5.78. The van der Waals surface area contributed by atoms with Gasteiger partial charge in [0.25, 0.3) is 6.43 Å². The maximum atomic E-state index is 14.5. The lowest BCUT2D eigenvalue weighted by Gasteiger charge is -2.39. The third-order valence-corrected chi connectivity index (χ3v) is 9.06. The second-order valence-corrected chi connectivity index (χ2v) is 12.0. The Morgan fingerprint density at radius 2 is 1.87 bits per heavy atom. The van der Waals surface area contributed by atoms with Gasteiger partial charge in [-0.1, -0.05) is 30.3 Å². The SMILES string of the molecule is CC(=O)N1CCc2c(c(N3CCCc4cc(-c5cnn(C)c5)c(C(F)F)cc43)nn2C2CN(C(=O)OCc3ccccc3)C2)C1. The summed E-state index contributed by atoms with van der Waals surface area (Å²) < 4.78 is 38.1. The smallest absolute Gasteiger partial charge is 0.410 e. The minimum absolute atomic E-state index is 0.0181. The van der Waals surface area contributed by atoms with E-state index in [1.54, 1.807) is 46.9 Å². The van der Waals surface area contributed by atoms with Crippen molar-refractivity contribution in [3.05, 3.63) is 82.8 Å². The molecule has 0 atom stereocenters. The van der Waals surface area contributed by atoms with Gasteiger partial charge in [-0.25, -0.2) is 13.6 Å². The molecule has 1 fully saturated rings. The molecule has 3 aliphatic heterocycles. The van der Waals surface area contributed by atoms with Gasteiger partial charge < -0.3 is 19.4 Å². The van der Waals surface area contributed by atoms with E-state index in [0.29, 0.717) is 56.1 Å². The minimum Gasteiger partial charge on any atom is -0.445 e. The van der Waals surface area contributed by atoms with E-state index < -0.39 is 6.43 Å². The average molecular weight is 616 g/mol. The molecule has 0 spiro atoms. The highest BCUT2D eigenvalue weighted by Gasteiger charge is 2.39. The summed E-state index contributed by atoms with van der Waals surface area (Å²) in [5.41, 5.74) is 5.68. The summed E-state index contributed by atoms with van der Waals surface area (Å²) in [7, 11) is 1.77. The maximum Gasteiger partial charge on any atom is 0.410 e. The van der Waals surface area contributed by atoms with Gasteiger partial charge in [-0.3, -0.25) is 14.2 Å². The molecule has 2 aromatic heterocycles. The summed E-state index contributed by atoms with van der Waals surface area (Å²) >= 11 is 0. The fourth-order valence-electron chi connectivity index (χ4n) is 6.65. The molecule has 5 heterocycles. The van der Waals surface area contributed by atoms with Gasteiger partial charge in [0.1, 0.15) is 6.61 Å². The number of carbonyl (C=O) groups excluding carboxylic acids is 2. The van der Waals surface area contributed by atoms with Crippen molar-refractivity contribution in [1.29, 1.82) is 0 Å². The monoisotopic (exact) mass is 615 g/mol. The van der Waals surface area contributed by atoms with Crippen molar-refractivity contribution < 1.29 is 23.1 Å². The number of alkyl halides is 2. The second-order valence-electron chi connectivity index (χ2n) is 12.0. The summed E-state index contributed by atoms with van der Waals surface area (Å²) in [6.07, 6.45) is 2.54. The lowest BCUT2D eigenvalue weighted by molar-refractivity contribution is -0.129. The highest BCUT2D eigenvalue weighted by atomic mass is 19.3. The molecule has 7 rings (SSSR count). The second kappa shape index (κ2) is 11.6. The molecule has 12 heteroatoms. The highest BCUT2D eigenvalue weighted by Crippen LogP contribution is 2.43. The Labute approximate surface area is 259 Å². The van der Waals surface area contributed by atoms with Gasteiger partial charge in [-0.05, 0) is 41.7 Å². The van der Waals surface area contributed by atoms with Crippen LogP contribution in [0.3, 0.4) is 0 Å². The van der Waals surface area contributed by atoms with Gasteiger partial charge in [0, 0.05) is 80.8 Å². The first-order valence-corrected chi connectivity index (χ1v) is 15.3. The number of fused-ring (bicyclic) bond motifs is 2. The number of amides is 2. The third kappa shape index (κ3) is 5.42. The van der Waals surface area contributed by atoms with Crippen LogP contribution < -0.4 is 4.90 Å². The van der Waals surface area contributed by atoms with Gasteiger partial charge in [-0.2, -0.15) is 10.2 Å². The molecular formula is C33H35F2N7O3. The topological polar surface area (TPSA) is 88.7 Å². The van der Waals surface area contributed by atoms with Gasteiger partial charge >= 0.3 is 6.09 Å². The van der Waals surface area contributed by atoms with Crippen LogP contribution in [-0.4, -0.2) is 67.5 Å². The van der Waals surface area contributed by atoms with E-state index in [1.165, 1.54) is 0 Å². The van der Waals surface area contributed by atoms with Crippen LogP contribution >= 0.6 is 0 Å². The van der Waals surface area contributed by atoms with E-state index in [-0.39, 0.29) is 30.2 Å². The zero-order chi connectivity index (χ0) is 31.2. The number of ether oxygens (including phenoxy) is 1. The number of anilines is 2. The summed E-state index contributed by atoms with van der Waals surface area (Å²) in [6, 6.07) is 13.0. The fourth-order valence-corrected chi connectivity index (χ4v) is 6.65. The first kappa shape index (κ1) is 29.0. The first-order chi connectivity index (χ1) is 21.8. The number of halogens is 2. The van der Waals surface area contributed by atoms with E-state index in [4.69, 9.17) is 9.84 Å². The molecule has 0 N–H and O–H groups in total. The fraction of sp³-hybridized carbons (Fsp3) is 0.394. The Morgan fingerprint density at radius 1 is 1.07 bits per heavy atom. The molecule has 45 heavy (non-hydrogen) atoms. The summed E-state index contributed by atoms with van der Waals surface area (Å²) in [4.78, 5) is 30.7. The molecule has 0 unspecified atom stereocenters. The van der Waals surface area contributed by atoms with E-state index in [0.717, 1.165) is 40.9 Å². The molecule has 0 saturated carbocycles. The Balaban J connectivity index is 1.19. The first-order valence-electron chi connectivity index (χ1n) is 15.3. The Morgan fingerprint density at radius 3 is 2.58 bits per heavy atom. The van der Waals surface area contributed by atoms with Crippen molar-refractivity contribution in [2.75, 3.05) is 31.1 Å². The van der Waals surface area contributed by atoms with Crippen LogP contribution in [-0.2, 0) is 42.6 Å². The molecule has 0 bridgehead atoms. The predicted molar refractivity (Wildman–Crippen MR) is 163 cm³/mol. The van der Waals surface area contributed by atoms with Crippen LogP contribution in [0.25, 0.3) is 11.1 Å². The Bertz CT molecular complexity index is 1750. The van der Waals surface area contributed by atoms with Crippen LogP contribution in [0.15, 0.2) is 54.9 Å². The predicted octanol–water partition coefficient (Wildman–Crippen LogP) is 5.40. The standard InChI is InChI=1S/C33H35F2N7O3/c1-21(43)39-12-10-29-28(19-39)32(37-42(29)25-17-40(18-25)33(44)45-20-22-7-4-3-5-8-22)41-11-6-9-23-13-26(24-15-36-38(2)16-24)27(31(34)35)14-30(23)41/h3-5,7-8,13-16,25,31H,6,9-12,17-20H2,1-2H3. The van der Waals surface area contributed by atoms with Crippen molar-refractivity contribution in [3.63, 3.8) is 0 Å². The molecule has 1 saturated heterocycles. The largest absolute Gasteiger partial charge is 0.445 e. The van der Waals surface area contributed by atoms with Gasteiger partial charge in [-0.15, -0.1) is 0 Å². The number of rotatable bonds is 6. The van der Waals surface area contributed by atoms with Gasteiger partial charge in [0.15, 0.2) is 5.82 Å². The number of carbonyl (C=O) groups is 2. The van der Waals surface area contributed by atoms with Gasteiger partial charge in [0.05, 0.1) is 18.8 Å². The zero-order valence-corrected chi connectivity index (χ0v) is 25.3. The zero-order valence-electron chi connectivity index (χ0n) is 25.3. The molecule has 0 radical (unpaired) electrons. The molecular weight excluding hydrogens is 580 g/mol. The number of aromatic nitrogens is 4. The van der Waals surface area contributed by atoms with Crippen LogP contribution in [0.1, 0.15) is 53.8 Å².